The van der Waals surface area contributed by atoms with Gasteiger partial charge < -0.3 is 5.32 Å². The number of urea groups is 1. The first-order chi connectivity index (χ1) is 6.76. The number of amides is 2. The second kappa shape index (κ2) is 5.33. The van der Waals surface area contributed by atoms with E-state index in [1.165, 1.54) is 11.3 Å². The third-order valence-corrected chi connectivity index (χ3v) is 2.38. The minimum atomic E-state index is -0.288. The lowest BCUT2D eigenvalue weighted by Crippen LogP contribution is -2.28. The lowest BCUT2D eigenvalue weighted by molar-refractivity contribution is 0.253. The molecule has 6 heteroatoms. The number of rotatable bonds is 4. The normalized spacial score (nSPS) is 9.50. The van der Waals surface area contributed by atoms with Crippen LogP contribution in [0, 0.1) is 0 Å². The summed E-state index contributed by atoms with van der Waals surface area (Å²) in [5, 5.41) is 14.3. The Morgan fingerprint density at radius 2 is 2.43 bits per heavy atom. The molecule has 0 saturated heterocycles. The largest absolute Gasteiger partial charge is 0.334 e. The van der Waals surface area contributed by atoms with Gasteiger partial charge in [0.25, 0.3) is 0 Å². The maximum Gasteiger partial charge on any atom is 0.321 e. The minimum Gasteiger partial charge on any atom is -0.334 e. The van der Waals surface area contributed by atoms with E-state index in [0.717, 1.165) is 11.4 Å². The van der Waals surface area contributed by atoms with Crippen molar-refractivity contribution in [2.24, 2.45) is 0 Å². The first-order valence-electron chi connectivity index (χ1n) is 4.24. The Morgan fingerprint density at radius 3 is 3.00 bits per heavy atom. The van der Waals surface area contributed by atoms with Crippen LogP contribution < -0.4 is 10.6 Å². The van der Waals surface area contributed by atoms with Crippen molar-refractivity contribution in [2.75, 3.05) is 11.9 Å². The van der Waals surface area contributed by atoms with Crippen LogP contribution in [0.3, 0.4) is 0 Å². The monoisotopic (exact) mass is 212 g/mol. The van der Waals surface area contributed by atoms with E-state index < -0.39 is 0 Å². The summed E-state index contributed by atoms with van der Waals surface area (Å²) in [6, 6.07) is -0.288. The van der Waals surface area contributed by atoms with Crippen LogP contribution in [0.2, 0.25) is 0 Å². The molecule has 0 atom stereocenters. The molecule has 0 aliphatic heterocycles. The zero-order valence-corrected chi connectivity index (χ0v) is 8.73. The molecule has 0 radical (unpaired) electrons. The number of hydrogen-bond donors (Lipinski definition) is 2. The molecule has 1 aromatic heterocycles. The Balaban J connectivity index is 2.43. The van der Waals surface area contributed by atoms with Crippen LogP contribution in [0.25, 0.3) is 0 Å². The predicted molar refractivity (Wildman–Crippen MR) is 56.5 cm³/mol. The minimum absolute atomic E-state index is 0.288. The summed E-state index contributed by atoms with van der Waals surface area (Å²) in [7, 11) is 0. The zero-order chi connectivity index (χ0) is 10.4. The molecule has 14 heavy (non-hydrogen) atoms. The SMILES string of the molecule is C=CCNC(=O)Nc1nnc(CC)s1. The Labute approximate surface area is 86.2 Å². The fourth-order valence-corrected chi connectivity index (χ4v) is 1.43. The summed E-state index contributed by atoms with van der Waals surface area (Å²) >= 11 is 1.37. The van der Waals surface area contributed by atoms with Crippen molar-refractivity contribution >= 4 is 22.5 Å². The zero-order valence-electron chi connectivity index (χ0n) is 7.91. The van der Waals surface area contributed by atoms with Crippen LogP contribution in [-0.2, 0) is 6.42 Å². The van der Waals surface area contributed by atoms with E-state index >= 15 is 0 Å². The molecule has 1 rings (SSSR count). The number of aromatic nitrogens is 2. The number of anilines is 1. The smallest absolute Gasteiger partial charge is 0.321 e. The molecular weight excluding hydrogens is 200 g/mol. The number of nitrogens with zero attached hydrogens (tertiary/aromatic N) is 2. The maximum absolute atomic E-state index is 11.1. The van der Waals surface area contributed by atoms with Crippen LogP contribution >= 0.6 is 11.3 Å². The predicted octanol–water partition coefficient (Wildman–Crippen LogP) is 1.41. The van der Waals surface area contributed by atoms with Gasteiger partial charge in [-0.05, 0) is 6.42 Å². The van der Waals surface area contributed by atoms with Gasteiger partial charge in [-0.1, -0.05) is 24.3 Å². The highest BCUT2D eigenvalue weighted by atomic mass is 32.1. The van der Waals surface area contributed by atoms with Gasteiger partial charge in [-0.25, -0.2) is 4.79 Å². The Hall–Kier alpha value is -1.43. The number of nitrogens with one attached hydrogen (secondary N) is 2. The van der Waals surface area contributed by atoms with Crippen LogP contribution in [-0.4, -0.2) is 22.8 Å². The fourth-order valence-electron chi connectivity index (χ4n) is 0.753. The molecule has 1 heterocycles. The number of hydrogen-bond acceptors (Lipinski definition) is 4. The molecule has 0 aromatic carbocycles. The van der Waals surface area contributed by atoms with E-state index in [4.69, 9.17) is 0 Å². The van der Waals surface area contributed by atoms with Crippen LogP contribution in [0.1, 0.15) is 11.9 Å². The van der Waals surface area contributed by atoms with Gasteiger partial charge in [0.05, 0.1) is 0 Å². The van der Waals surface area contributed by atoms with E-state index in [9.17, 15) is 4.79 Å². The number of carbonyl (C=O) groups is 1. The van der Waals surface area contributed by atoms with Gasteiger partial charge in [-0.2, -0.15) is 0 Å². The summed E-state index contributed by atoms with van der Waals surface area (Å²) in [6.07, 6.45) is 2.44. The van der Waals surface area contributed by atoms with Gasteiger partial charge in [0.15, 0.2) is 0 Å². The molecule has 2 N–H and O–H groups in total. The molecule has 0 spiro atoms. The van der Waals surface area contributed by atoms with Crippen molar-refractivity contribution in [2.45, 2.75) is 13.3 Å². The van der Waals surface area contributed by atoms with Crippen molar-refractivity contribution in [1.29, 1.82) is 0 Å². The maximum atomic E-state index is 11.1. The Kier molecular flexibility index (Phi) is 4.06. The van der Waals surface area contributed by atoms with E-state index in [0.29, 0.717) is 11.7 Å². The Morgan fingerprint density at radius 1 is 1.64 bits per heavy atom. The van der Waals surface area contributed by atoms with Gasteiger partial charge in [0, 0.05) is 6.54 Å². The number of aryl methyl sites for hydroxylation is 1. The summed E-state index contributed by atoms with van der Waals surface area (Å²) in [5.41, 5.74) is 0. The third kappa shape index (κ3) is 3.14. The molecular formula is C8H12N4OS. The molecule has 0 aliphatic carbocycles. The second-order valence-corrected chi connectivity index (χ2v) is 3.54. The molecule has 0 unspecified atom stereocenters. The average molecular weight is 212 g/mol. The van der Waals surface area contributed by atoms with Gasteiger partial charge in [-0.15, -0.1) is 16.8 Å². The molecule has 0 bridgehead atoms. The average Bonchev–Trinajstić information content (AvgIpc) is 2.62. The quantitative estimate of drug-likeness (QED) is 0.741. The molecule has 5 nitrogen and oxygen atoms in total. The summed E-state index contributed by atoms with van der Waals surface area (Å²) in [6.45, 7) is 5.91. The fraction of sp³-hybridized carbons (Fsp3) is 0.375. The Bertz CT molecular complexity index is 323. The van der Waals surface area contributed by atoms with Crippen molar-refractivity contribution in [3.63, 3.8) is 0 Å². The molecule has 0 aliphatic rings. The molecule has 76 valence electrons. The van der Waals surface area contributed by atoms with Gasteiger partial charge in [0.2, 0.25) is 5.13 Å². The molecule has 0 fully saturated rings. The first-order valence-corrected chi connectivity index (χ1v) is 5.06. The first kappa shape index (κ1) is 10.6. The molecule has 2 amide bonds. The van der Waals surface area contributed by atoms with Gasteiger partial charge in [-0.3, -0.25) is 5.32 Å². The molecule has 0 saturated carbocycles. The highest BCUT2D eigenvalue weighted by Crippen LogP contribution is 2.14. The highest BCUT2D eigenvalue weighted by molar-refractivity contribution is 7.15. The topological polar surface area (TPSA) is 66.9 Å². The van der Waals surface area contributed by atoms with E-state index in [2.05, 4.69) is 27.4 Å². The highest BCUT2D eigenvalue weighted by Gasteiger charge is 2.05. The number of carbonyl (C=O) groups excluding carboxylic acids is 1. The lowest BCUT2D eigenvalue weighted by Gasteiger charge is -2.00. The van der Waals surface area contributed by atoms with E-state index in [1.807, 2.05) is 6.92 Å². The lowest BCUT2D eigenvalue weighted by atomic mass is 10.5. The van der Waals surface area contributed by atoms with Crippen LogP contribution in [0.4, 0.5) is 9.93 Å². The van der Waals surface area contributed by atoms with Crippen LogP contribution in [0.5, 0.6) is 0 Å². The van der Waals surface area contributed by atoms with Gasteiger partial charge in [0.1, 0.15) is 5.01 Å². The van der Waals surface area contributed by atoms with Crippen molar-refractivity contribution < 1.29 is 4.79 Å². The second-order valence-electron chi connectivity index (χ2n) is 2.48. The molecule has 1 aromatic rings. The van der Waals surface area contributed by atoms with Crippen molar-refractivity contribution in [1.82, 2.24) is 15.5 Å². The van der Waals surface area contributed by atoms with E-state index in [-0.39, 0.29) is 6.03 Å². The van der Waals surface area contributed by atoms with Crippen molar-refractivity contribution in [3.05, 3.63) is 17.7 Å². The van der Waals surface area contributed by atoms with Crippen molar-refractivity contribution in [3.8, 4) is 0 Å². The summed E-state index contributed by atoms with van der Waals surface area (Å²) < 4.78 is 0. The van der Waals surface area contributed by atoms with E-state index in [1.54, 1.807) is 6.08 Å². The van der Waals surface area contributed by atoms with Crippen LogP contribution in [0.15, 0.2) is 12.7 Å². The van der Waals surface area contributed by atoms with Gasteiger partial charge >= 0.3 is 6.03 Å². The summed E-state index contributed by atoms with van der Waals surface area (Å²) in [4.78, 5) is 11.1. The standard InChI is InChI=1S/C8H12N4OS/c1-3-5-9-7(13)10-8-12-11-6(4-2)14-8/h3H,1,4-5H2,2H3,(H2,9,10,12,13). The third-order valence-electron chi connectivity index (χ3n) is 1.40. The summed E-state index contributed by atoms with van der Waals surface area (Å²) in [5.74, 6) is 0.